The molecule has 0 spiro atoms. The van der Waals surface area contributed by atoms with Crippen LogP contribution in [0.2, 0.25) is 0 Å². The quantitative estimate of drug-likeness (QED) is 0.305. The van der Waals surface area contributed by atoms with Gasteiger partial charge < -0.3 is 14.7 Å². The van der Waals surface area contributed by atoms with E-state index >= 15 is 0 Å². The van der Waals surface area contributed by atoms with E-state index in [1.165, 1.54) is 49.9 Å². The molecule has 2 aromatic heterocycles. The summed E-state index contributed by atoms with van der Waals surface area (Å²) < 4.78 is 6.25. The zero-order valence-corrected chi connectivity index (χ0v) is 18.3. The van der Waals surface area contributed by atoms with Gasteiger partial charge in [-0.15, -0.1) is 0 Å². The number of aromatic nitrogens is 2. The zero-order chi connectivity index (χ0) is 21.4. The second kappa shape index (κ2) is 7.99. The number of hydrogen-bond donors (Lipinski definition) is 2. The van der Waals surface area contributed by atoms with E-state index in [1.807, 2.05) is 0 Å². The summed E-state index contributed by atoms with van der Waals surface area (Å²) in [4.78, 5) is 7.24. The predicted molar refractivity (Wildman–Crippen MR) is 129 cm³/mol. The highest BCUT2D eigenvalue weighted by Gasteiger charge is 2.29. The molecular weight excluding hydrogens is 380 g/mol. The van der Waals surface area contributed by atoms with E-state index in [0.29, 0.717) is 6.61 Å². The minimum Gasteiger partial charge on any atom is -0.493 e. The second-order valence-electron chi connectivity index (χ2n) is 8.24. The number of rotatable bonds is 6. The Kier molecular flexibility index (Phi) is 5.03. The average Bonchev–Trinajstić information content (AvgIpc) is 3.30. The summed E-state index contributed by atoms with van der Waals surface area (Å²) in [5, 5.41) is 2.53. The van der Waals surface area contributed by atoms with E-state index < -0.39 is 0 Å². The molecule has 0 aliphatic heterocycles. The van der Waals surface area contributed by atoms with E-state index in [4.69, 9.17) is 4.74 Å². The first-order valence-corrected chi connectivity index (χ1v) is 11.0. The van der Waals surface area contributed by atoms with Gasteiger partial charge in [0.2, 0.25) is 0 Å². The molecule has 0 saturated heterocycles. The molecule has 0 radical (unpaired) electrons. The van der Waals surface area contributed by atoms with Crippen LogP contribution in [0.15, 0.2) is 72.8 Å². The Labute approximate surface area is 183 Å². The van der Waals surface area contributed by atoms with Crippen LogP contribution in [-0.4, -0.2) is 16.6 Å². The van der Waals surface area contributed by atoms with Gasteiger partial charge in [0.15, 0.2) is 0 Å². The molecule has 3 heteroatoms. The van der Waals surface area contributed by atoms with Crippen LogP contribution in [0.25, 0.3) is 21.8 Å². The van der Waals surface area contributed by atoms with Crippen LogP contribution >= 0.6 is 0 Å². The number of aromatic amines is 2. The highest BCUT2D eigenvalue weighted by molar-refractivity contribution is 5.91. The Bertz CT molecular complexity index is 1280. The van der Waals surface area contributed by atoms with Crippen LogP contribution in [-0.2, 0) is 0 Å². The molecule has 0 aliphatic rings. The molecule has 2 heterocycles. The summed E-state index contributed by atoms with van der Waals surface area (Å²) in [7, 11) is 0. The number of benzene rings is 3. The summed E-state index contributed by atoms with van der Waals surface area (Å²) in [5.41, 5.74) is 8.57. The molecule has 0 fully saturated rings. The van der Waals surface area contributed by atoms with Crippen molar-refractivity contribution in [2.75, 3.05) is 6.61 Å². The summed E-state index contributed by atoms with van der Waals surface area (Å²) in [6.45, 7) is 7.22. The fourth-order valence-electron chi connectivity index (χ4n) is 4.86. The molecule has 0 bridgehead atoms. The van der Waals surface area contributed by atoms with Crippen molar-refractivity contribution in [3.05, 3.63) is 101 Å². The minimum atomic E-state index is 0.0559. The average molecular weight is 409 g/mol. The molecule has 31 heavy (non-hydrogen) atoms. The second-order valence-corrected chi connectivity index (χ2v) is 8.24. The molecule has 0 atom stereocenters. The summed E-state index contributed by atoms with van der Waals surface area (Å²) in [5.74, 6) is 1.02. The maximum atomic E-state index is 6.25. The fourth-order valence-corrected chi connectivity index (χ4v) is 4.86. The van der Waals surface area contributed by atoms with E-state index in [2.05, 4.69) is 104 Å². The molecule has 156 valence electrons. The molecule has 0 aliphatic carbocycles. The summed E-state index contributed by atoms with van der Waals surface area (Å²) >= 11 is 0. The molecule has 5 aromatic rings. The number of aryl methyl sites for hydroxylation is 2. The molecule has 3 nitrogen and oxygen atoms in total. The van der Waals surface area contributed by atoms with Crippen LogP contribution in [0.4, 0.5) is 0 Å². The normalized spacial score (nSPS) is 11.6. The minimum absolute atomic E-state index is 0.0559. The van der Waals surface area contributed by atoms with Gasteiger partial charge in [-0.3, -0.25) is 0 Å². The molecular formula is C28H28N2O. The number of ether oxygens (including phenoxy) is 1. The van der Waals surface area contributed by atoms with E-state index in [-0.39, 0.29) is 5.92 Å². The van der Waals surface area contributed by atoms with Gasteiger partial charge in [0.25, 0.3) is 0 Å². The van der Waals surface area contributed by atoms with Crippen molar-refractivity contribution in [2.45, 2.75) is 33.1 Å². The third-order valence-electron chi connectivity index (χ3n) is 6.16. The van der Waals surface area contributed by atoms with Crippen molar-refractivity contribution >= 4 is 21.8 Å². The number of H-pyrrole nitrogens is 2. The molecule has 5 rings (SSSR count). The van der Waals surface area contributed by atoms with Crippen LogP contribution < -0.4 is 4.74 Å². The lowest BCUT2D eigenvalue weighted by molar-refractivity contribution is 0.314. The van der Waals surface area contributed by atoms with Gasteiger partial charge in [0, 0.05) is 44.7 Å². The lowest BCUT2D eigenvalue weighted by Gasteiger charge is -2.23. The lowest BCUT2D eigenvalue weighted by Crippen LogP contribution is -2.09. The van der Waals surface area contributed by atoms with Crippen molar-refractivity contribution < 1.29 is 4.74 Å². The summed E-state index contributed by atoms with van der Waals surface area (Å²) in [6.07, 6.45) is 0.983. The van der Waals surface area contributed by atoms with Crippen LogP contribution in [0.1, 0.15) is 47.3 Å². The molecule has 0 saturated carbocycles. The maximum Gasteiger partial charge on any atom is 0.123 e. The molecule has 3 aromatic carbocycles. The topological polar surface area (TPSA) is 40.8 Å². The largest absolute Gasteiger partial charge is 0.493 e. The smallest absolute Gasteiger partial charge is 0.123 e. The van der Waals surface area contributed by atoms with Gasteiger partial charge in [-0.2, -0.15) is 0 Å². The Morgan fingerprint density at radius 2 is 1.23 bits per heavy atom. The van der Waals surface area contributed by atoms with E-state index in [1.54, 1.807) is 0 Å². The first-order valence-electron chi connectivity index (χ1n) is 11.0. The fraction of sp³-hybridized carbons (Fsp3) is 0.214. The van der Waals surface area contributed by atoms with E-state index in [9.17, 15) is 0 Å². The number of para-hydroxylation sites is 3. The standard InChI is InChI=1S/C28H28N2O/c1-4-17-31-25-16-10-7-13-22(25)28(26-18(2)29-23-14-8-5-11-20(23)26)27-19(3)30-24-15-9-6-12-21(24)27/h5-16,28-30H,4,17H2,1-3H3. The Balaban J connectivity index is 1.85. The lowest BCUT2D eigenvalue weighted by atomic mass is 9.81. The zero-order valence-electron chi connectivity index (χ0n) is 18.3. The first kappa shape index (κ1) is 19.5. The van der Waals surface area contributed by atoms with Crippen LogP contribution in [0.5, 0.6) is 5.75 Å². The third kappa shape index (κ3) is 3.31. The summed E-state index contributed by atoms with van der Waals surface area (Å²) in [6, 6.07) is 25.7. The van der Waals surface area contributed by atoms with Gasteiger partial charge >= 0.3 is 0 Å². The maximum absolute atomic E-state index is 6.25. The van der Waals surface area contributed by atoms with Crippen molar-refractivity contribution in [1.29, 1.82) is 0 Å². The van der Waals surface area contributed by atoms with Gasteiger partial charge in [-0.05, 0) is 49.6 Å². The number of fused-ring (bicyclic) bond motifs is 2. The molecule has 0 amide bonds. The van der Waals surface area contributed by atoms with Gasteiger partial charge in [-0.1, -0.05) is 61.5 Å². The van der Waals surface area contributed by atoms with Crippen molar-refractivity contribution in [3.63, 3.8) is 0 Å². The van der Waals surface area contributed by atoms with E-state index in [0.717, 1.165) is 12.2 Å². The van der Waals surface area contributed by atoms with Gasteiger partial charge in [0.05, 0.1) is 6.61 Å². The SMILES string of the molecule is CCCOc1ccccc1C(c1c(C)[nH]c2ccccc12)c1c(C)[nH]c2ccccc12. The van der Waals surface area contributed by atoms with Gasteiger partial charge in [-0.25, -0.2) is 0 Å². The monoisotopic (exact) mass is 408 g/mol. The highest BCUT2D eigenvalue weighted by Crippen LogP contribution is 2.45. The Morgan fingerprint density at radius 1 is 0.710 bits per heavy atom. The Morgan fingerprint density at radius 3 is 1.81 bits per heavy atom. The van der Waals surface area contributed by atoms with Crippen molar-refractivity contribution in [1.82, 2.24) is 9.97 Å². The predicted octanol–water partition coefficient (Wildman–Crippen LogP) is 7.24. The number of nitrogens with one attached hydrogen (secondary N) is 2. The molecule has 0 unspecified atom stereocenters. The molecule has 2 N–H and O–H groups in total. The van der Waals surface area contributed by atoms with Gasteiger partial charge in [0.1, 0.15) is 5.75 Å². The Hall–Kier alpha value is -3.46. The van der Waals surface area contributed by atoms with Crippen molar-refractivity contribution in [3.8, 4) is 5.75 Å². The van der Waals surface area contributed by atoms with Crippen LogP contribution in [0.3, 0.4) is 0 Å². The first-order chi connectivity index (χ1) is 15.2. The third-order valence-corrected chi connectivity index (χ3v) is 6.16. The van der Waals surface area contributed by atoms with Crippen LogP contribution in [0, 0.1) is 13.8 Å². The highest BCUT2D eigenvalue weighted by atomic mass is 16.5. The van der Waals surface area contributed by atoms with Crippen molar-refractivity contribution in [2.24, 2.45) is 0 Å². The number of hydrogen-bond acceptors (Lipinski definition) is 1.